The van der Waals surface area contributed by atoms with Crippen LogP contribution in [0.4, 0.5) is 10.5 Å². The predicted molar refractivity (Wildman–Crippen MR) is 101 cm³/mol. The number of para-hydroxylation sites is 1. The second-order valence-electron chi connectivity index (χ2n) is 7.13. The first-order valence-corrected chi connectivity index (χ1v) is 9.56. The largest absolute Gasteiger partial charge is 0.453 e. The summed E-state index contributed by atoms with van der Waals surface area (Å²) in [5.41, 5.74) is 2.51. The molecule has 0 saturated carbocycles. The van der Waals surface area contributed by atoms with Crippen molar-refractivity contribution in [2.75, 3.05) is 44.7 Å². The summed E-state index contributed by atoms with van der Waals surface area (Å²) in [6.45, 7) is 5.93. The smallest absolute Gasteiger partial charge is 0.410 e. The number of rotatable bonds is 2. The molecule has 2 saturated heterocycles. The van der Waals surface area contributed by atoms with E-state index in [4.69, 9.17) is 4.74 Å². The van der Waals surface area contributed by atoms with Gasteiger partial charge in [0.15, 0.2) is 0 Å². The number of likely N-dealkylation sites (tertiary alicyclic amines) is 1. The molecule has 2 heterocycles. The number of anilines is 1. The molecule has 0 N–H and O–H groups in total. The van der Waals surface area contributed by atoms with E-state index in [1.54, 1.807) is 4.90 Å². The summed E-state index contributed by atoms with van der Waals surface area (Å²) in [6.07, 6.45) is 3.18. The highest BCUT2D eigenvalue weighted by Gasteiger charge is 2.35. The number of hydrogen-bond acceptors (Lipinski definition) is 4. The third-order valence-electron chi connectivity index (χ3n) is 5.46. The Bertz CT molecular complexity index is 649. The van der Waals surface area contributed by atoms with Crippen LogP contribution in [0.15, 0.2) is 24.3 Å². The molecule has 26 heavy (non-hydrogen) atoms. The molecule has 0 aliphatic carbocycles. The molecular formula is C20H29N3O3. The number of nitrogens with zero attached hydrogens (tertiary/aromatic N) is 3. The van der Waals surface area contributed by atoms with E-state index < -0.39 is 0 Å². The predicted octanol–water partition coefficient (Wildman–Crippen LogP) is 2.65. The van der Waals surface area contributed by atoms with Crippen molar-refractivity contribution >= 4 is 17.7 Å². The quantitative estimate of drug-likeness (QED) is 0.815. The van der Waals surface area contributed by atoms with Gasteiger partial charge in [-0.15, -0.1) is 0 Å². The molecule has 0 spiro atoms. The first-order chi connectivity index (χ1) is 12.6. The maximum Gasteiger partial charge on any atom is 0.410 e. The van der Waals surface area contributed by atoms with E-state index in [2.05, 4.69) is 36.1 Å². The third kappa shape index (κ3) is 3.94. The number of methoxy groups -OCH3 is 1. The van der Waals surface area contributed by atoms with Crippen LogP contribution >= 0.6 is 0 Å². The van der Waals surface area contributed by atoms with Crippen LogP contribution in [-0.4, -0.2) is 67.7 Å². The van der Waals surface area contributed by atoms with E-state index in [1.165, 1.54) is 18.4 Å². The SMILES string of the molecule is COC(=O)N1CCCC[C@H]1C(=O)N1CCCN(c2ccccc2C)CC1. The Morgan fingerprint density at radius 3 is 2.58 bits per heavy atom. The van der Waals surface area contributed by atoms with Gasteiger partial charge in [-0.05, 0) is 44.2 Å². The highest BCUT2D eigenvalue weighted by atomic mass is 16.5. The number of carbonyl (C=O) groups excluding carboxylic acids is 2. The lowest BCUT2D eigenvalue weighted by Gasteiger charge is -2.36. The molecule has 2 aliphatic heterocycles. The standard InChI is InChI=1S/C20H29N3O3/c1-16-8-3-4-9-17(16)21-11-7-12-22(15-14-21)19(24)18-10-5-6-13-23(18)20(25)26-2/h3-4,8-9,18H,5-7,10-15H2,1-2H3/t18-/m0/s1. The number of piperidine rings is 1. The number of benzene rings is 1. The summed E-state index contributed by atoms with van der Waals surface area (Å²) in [7, 11) is 1.38. The van der Waals surface area contributed by atoms with Crippen LogP contribution in [0.5, 0.6) is 0 Å². The number of amides is 2. The average molecular weight is 359 g/mol. The van der Waals surface area contributed by atoms with E-state index in [9.17, 15) is 9.59 Å². The summed E-state index contributed by atoms with van der Waals surface area (Å²) in [5.74, 6) is 0.0710. The molecule has 0 radical (unpaired) electrons. The zero-order chi connectivity index (χ0) is 18.5. The van der Waals surface area contributed by atoms with Gasteiger partial charge in [-0.25, -0.2) is 4.79 Å². The Labute approximate surface area is 155 Å². The van der Waals surface area contributed by atoms with Gasteiger partial charge in [0, 0.05) is 38.4 Å². The molecule has 1 atom stereocenters. The van der Waals surface area contributed by atoms with Crippen molar-refractivity contribution in [2.45, 2.75) is 38.6 Å². The van der Waals surface area contributed by atoms with Gasteiger partial charge >= 0.3 is 6.09 Å². The Morgan fingerprint density at radius 2 is 1.81 bits per heavy atom. The summed E-state index contributed by atoms with van der Waals surface area (Å²) < 4.78 is 4.88. The lowest BCUT2D eigenvalue weighted by atomic mass is 10.0. The van der Waals surface area contributed by atoms with E-state index in [0.29, 0.717) is 13.1 Å². The molecular weight excluding hydrogens is 330 g/mol. The van der Waals surface area contributed by atoms with Gasteiger partial charge in [-0.3, -0.25) is 9.69 Å². The van der Waals surface area contributed by atoms with E-state index >= 15 is 0 Å². The van der Waals surface area contributed by atoms with Crippen LogP contribution in [-0.2, 0) is 9.53 Å². The van der Waals surface area contributed by atoms with Crippen LogP contribution in [0.1, 0.15) is 31.2 Å². The van der Waals surface area contributed by atoms with Crippen LogP contribution in [0.2, 0.25) is 0 Å². The van der Waals surface area contributed by atoms with Crippen LogP contribution in [0.3, 0.4) is 0 Å². The van der Waals surface area contributed by atoms with Crippen molar-refractivity contribution in [1.29, 1.82) is 0 Å². The maximum absolute atomic E-state index is 13.1. The van der Waals surface area contributed by atoms with Gasteiger partial charge < -0.3 is 14.5 Å². The lowest BCUT2D eigenvalue weighted by molar-refractivity contribution is -0.137. The molecule has 6 nitrogen and oxygen atoms in total. The zero-order valence-corrected chi connectivity index (χ0v) is 15.8. The minimum Gasteiger partial charge on any atom is -0.453 e. The van der Waals surface area contributed by atoms with Crippen molar-refractivity contribution in [1.82, 2.24) is 9.80 Å². The number of aryl methyl sites for hydroxylation is 1. The molecule has 1 aromatic carbocycles. The summed E-state index contributed by atoms with van der Waals surface area (Å²) >= 11 is 0. The molecule has 6 heteroatoms. The fourth-order valence-electron chi connectivity index (χ4n) is 4.03. The molecule has 2 fully saturated rings. The van der Waals surface area contributed by atoms with Gasteiger partial charge in [0.2, 0.25) is 5.91 Å². The Morgan fingerprint density at radius 1 is 1.00 bits per heavy atom. The second kappa shape index (κ2) is 8.43. The van der Waals surface area contributed by atoms with Crippen molar-refractivity contribution in [3.63, 3.8) is 0 Å². The van der Waals surface area contributed by atoms with Gasteiger partial charge in [0.1, 0.15) is 6.04 Å². The Hall–Kier alpha value is -2.24. The minimum absolute atomic E-state index is 0.0710. The number of carbonyl (C=O) groups is 2. The molecule has 0 bridgehead atoms. The fraction of sp³-hybridized carbons (Fsp3) is 0.600. The van der Waals surface area contributed by atoms with E-state index in [1.807, 2.05) is 4.90 Å². The van der Waals surface area contributed by atoms with Crippen LogP contribution in [0, 0.1) is 6.92 Å². The van der Waals surface area contributed by atoms with Gasteiger partial charge in [-0.2, -0.15) is 0 Å². The van der Waals surface area contributed by atoms with E-state index in [0.717, 1.165) is 45.3 Å². The molecule has 142 valence electrons. The summed E-state index contributed by atoms with van der Waals surface area (Å²) in [6, 6.07) is 8.01. The van der Waals surface area contributed by atoms with Gasteiger partial charge in [-0.1, -0.05) is 18.2 Å². The van der Waals surface area contributed by atoms with Crippen LogP contribution in [0.25, 0.3) is 0 Å². The molecule has 2 aliphatic rings. The number of ether oxygens (including phenoxy) is 1. The van der Waals surface area contributed by atoms with Crippen molar-refractivity contribution in [3.8, 4) is 0 Å². The topological polar surface area (TPSA) is 53.1 Å². The average Bonchev–Trinajstić information content (AvgIpc) is 2.93. The normalized spacial score (nSPS) is 21.3. The number of hydrogen-bond donors (Lipinski definition) is 0. The zero-order valence-electron chi connectivity index (χ0n) is 15.8. The van der Waals surface area contributed by atoms with E-state index in [-0.39, 0.29) is 18.0 Å². The van der Waals surface area contributed by atoms with Crippen molar-refractivity contribution in [2.24, 2.45) is 0 Å². The molecule has 3 rings (SSSR count). The van der Waals surface area contributed by atoms with Crippen molar-refractivity contribution in [3.05, 3.63) is 29.8 Å². The second-order valence-corrected chi connectivity index (χ2v) is 7.13. The Kier molecular flexibility index (Phi) is 6.01. The fourth-order valence-corrected chi connectivity index (χ4v) is 4.03. The monoisotopic (exact) mass is 359 g/mol. The molecule has 2 amide bonds. The first kappa shape index (κ1) is 18.5. The van der Waals surface area contributed by atoms with Crippen molar-refractivity contribution < 1.29 is 14.3 Å². The lowest BCUT2D eigenvalue weighted by Crippen LogP contribution is -2.53. The molecule has 1 aromatic rings. The summed E-state index contributed by atoms with van der Waals surface area (Å²) in [4.78, 5) is 31.0. The highest BCUT2D eigenvalue weighted by Crippen LogP contribution is 2.23. The van der Waals surface area contributed by atoms with Crippen LogP contribution < -0.4 is 4.90 Å². The third-order valence-corrected chi connectivity index (χ3v) is 5.46. The highest BCUT2D eigenvalue weighted by molar-refractivity contribution is 5.86. The maximum atomic E-state index is 13.1. The molecule has 0 aromatic heterocycles. The summed E-state index contributed by atoms with van der Waals surface area (Å²) in [5, 5.41) is 0. The molecule has 0 unspecified atom stereocenters. The first-order valence-electron chi connectivity index (χ1n) is 9.56. The Balaban J connectivity index is 1.67. The van der Waals surface area contributed by atoms with Gasteiger partial charge in [0.25, 0.3) is 0 Å². The minimum atomic E-state index is -0.389. The van der Waals surface area contributed by atoms with Gasteiger partial charge in [0.05, 0.1) is 7.11 Å².